The minimum Gasteiger partial charge on any atom is -0.384 e. The molecular weight excluding hydrogens is 402 g/mol. The standard InChI is InChI=1S/C22H27N3O4S/c1-14-15(2)25-11-10-17-19(22(25)23-14)24-18(16-8-6-5-7-9-16)21(20(17)29-4)30(26,27)13-12-28-3/h5-11,18,20-21,24H,12-13H2,1-4H3. The maximum atomic E-state index is 13.4. The number of methoxy groups -OCH3 is 2. The molecule has 3 unspecified atom stereocenters. The van der Waals surface area contributed by atoms with Gasteiger partial charge in [0, 0.05) is 31.7 Å². The number of imidazole rings is 1. The third kappa shape index (κ3) is 3.38. The van der Waals surface area contributed by atoms with E-state index in [9.17, 15) is 8.42 Å². The number of benzene rings is 1. The predicted molar refractivity (Wildman–Crippen MR) is 117 cm³/mol. The lowest BCUT2D eigenvalue weighted by atomic mass is 9.91. The van der Waals surface area contributed by atoms with Crippen LogP contribution in [0.5, 0.6) is 0 Å². The highest BCUT2D eigenvalue weighted by atomic mass is 32.2. The summed E-state index contributed by atoms with van der Waals surface area (Å²) in [6, 6.07) is 11.1. The first-order valence-corrected chi connectivity index (χ1v) is 11.6. The number of rotatable bonds is 6. The molecule has 0 radical (unpaired) electrons. The van der Waals surface area contributed by atoms with Gasteiger partial charge in [-0.2, -0.15) is 0 Å². The van der Waals surface area contributed by atoms with Gasteiger partial charge < -0.3 is 19.2 Å². The van der Waals surface area contributed by atoms with E-state index in [4.69, 9.17) is 14.5 Å². The summed E-state index contributed by atoms with van der Waals surface area (Å²) in [6.45, 7) is 4.13. The summed E-state index contributed by atoms with van der Waals surface area (Å²) in [4.78, 5) is 4.74. The lowest BCUT2D eigenvalue weighted by Gasteiger charge is -2.39. The van der Waals surface area contributed by atoms with Crippen LogP contribution in [0.25, 0.3) is 5.65 Å². The first kappa shape index (κ1) is 20.8. The van der Waals surface area contributed by atoms with Crippen molar-refractivity contribution in [2.24, 2.45) is 0 Å². The van der Waals surface area contributed by atoms with Crippen LogP contribution in [0, 0.1) is 13.8 Å². The number of sulfone groups is 1. The van der Waals surface area contributed by atoms with Gasteiger partial charge in [-0.1, -0.05) is 30.3 Å². The minimum absolute atomic E-state index is 0.0712. The average Bonchev–Trinajstić information content (AvgIpc) is 3.05. The van der Waals surface area contributed by atoms with Gasteiger partial charge in [0.2, 0.25) is 0 Å². The highest BCUT2D eigenvalue weighted by Crippen LogP contribution is 2.45. The summed E-state index contributed by atoms with van der Waals surface area (Å²) < 4.78 is 39.7. The van der Waals surface area contributed by atoms with Crippen molar-refractivity contribution in [2.75, 3.05) is 31.9 Å². The molecule has 160 valence electrons. The Hall–Kier alpha value is -2.42. The van der Waals surface area contributed by atoms with Gasteiger partial charge >= 0.3 is 0 Å². The van der Waals surface area contributed by atoms with Gasteiger partial charge in [-0.3, -0.25) is 0 Å². The summed E-state index contributed by atoms with van der Waals surface area (Å²) in [5.41, 5.74) is 5.26. The lowest BCUT2D eigenvalue weighted by Crippen LogP contribution is -2.44. The summed E-state index contributed by atoms with van der Waals surface area (Å²) in [5, 5.41) is 2.71. The number of ether oxygens (including phenoxy) is 2. The van der Waals surface area contributed by atoms with Crippen LogP contribution >= 0.6 is 0 Å². The molecule has 0 saturated carbocycles. The maximum absolute atomic E-state index is 13.4. The number of anilines is 1. The summed E-state index contributed by atoms with van der Waals surface area (Å²) >= 11 is 0. The van der Waals surface area contributed by atoms with Crippen LogP contribution in [0.4, 0.5) is 5.69 Å². The third-order valence-corrected chi connectivity index (χ3v) is 8.02. The number of aryl methyl sites for hydroxylation is 2. The van der Waals surface area contributed by atoms with Crippen molar-refractivity contribution >= 4 is 21.2 Å². The van der Waals surface area contributed by atoms with Crippen molar-refractivity contribution in [3.05, 3.63) is 65.1 Å². The van der Waals surface area contributed by atoms with E-state index in [1.165, 1.54) is 7.11 Å². The Morgan fingerprint density at radius 1 is 1.13 bits per heavy atom. The predicted octanol–water partition coefficient (Wildman–Crippen LogP) is 3.24. The second-order valence-corrected chi connectivity index (χ2v) is 9.91. The maximum Gasteiger partial charge on any atom is 0.161 e. The van der Waals surface area contributed by atoms with E-state index >= 15 is 0 Å². The Morgan fingerprint density at radius 3 is 2.53 bits per heavy atom. The molecule has 4 rings (SSSR count). The molecule has 1 aliphatic rings. The number of pyridine rings is 1. The summed E-state index contributed by atoms with van der Waals surface area (Å²) in [7, 11) is -0.474. The highest BCUT2D eigenvalue weighted by Gasteiger charge is 2.46. The lowest BCUT2D eigenvalue weighted by molar-refractivity contribution is 0.0904. The molecule has 8 heteroatoms. The normalized spacial score (nSPS) is 21.4. The number of nitrogens with one attached hydrogen (secondary N) is 1. The van der Waals surface area contributed by atoms with E-state index in [1.54, 1.807) is 7.11 Å². The van der Waals surface area contributed by atoms with Crippen LogP contribution in [0.1, 0.15) is 34.7 Å². The largest absolute Gasteiger partial charge is 0.384 e. The Kier molecular flexibility index (Phi) is 5.57. The van der Waals surface area contributed by atoms with E-state index < -0.39 is 27.2 Å². The monoisotopic (exact) mass is 429 g/mol. The number of fused-ring (bicyclic) bond motifs is 3. The molecule has 1 aliphatic heterocycles. The van der Waals surface area contributed by atoms with Crippen LogP contribution in [-0.4, -0.2) is 49.6 Å². The number of aromatic nitrogens is 2. The minimum atomic E-state index is -3.54. The Balaban J connectivity index is 1.94. The topological polar surface area (TPSA) is 81.9 Å². The van der Waals surface area contributed by atoms with Crippen molar-refractivity contribution in [2.45, 2.75) is 31.2 Å². The van der Waals surface area contributed by atoms with E-state index in [0.29, 0.717) is 0 Å². The fraction of sp³-hybridized carbons (Fsp3) is 0.409. The zero-order valence-electron chi connectivity index (χ0n) is 17.6. The average molecular weight is 430 g/mol. The van der Waals surface area contributed by atoms with E-state index in [2.05, 4.69) is 5.32 Å². The van der Waals surface area contributed by atoms with Crippen LogP contribution in [-0.2, 0) is 19.3 Å². The van der Waals surface area contributed by atoms with Gasteiger partial charge in [0.15, 0.2) is 15.5 Å². The molecule has 1 aromatic carbocycles. The van der Waals surface area contributed by atoms with Gasteiger partial charge in [-0.05, 0) is 25.5 Å². The Labute approximate surface area is 177 Å². The van der Waals surface area contributed by atoms with Crippen molar-refractivity contribution in [1.29, 1.82) is 0 Å². The van der Waals surface area contributed by atoms with Crippen molar-refractivity contribution < 1.29 is 17.9 Å². The molecule has 0 fully saturated rings. The van der Waals surface area contributed by atoms with Crippen LogP contribution in [0.3, 0.4) is 0 Å². The summed E-state index contributed by atoms with van der Waals surface area (Å²) in [5.74, 6) is -0.0712. The van der Waals surface area contributed by atoms with Crippen LogP contribution in [0.2, 0.25) is 0 Å². The smallest absolute Gasteiger partial charge is 0.161 e. The van der Waals surface area contributed by atoms with E-state index in [0.717, 1.165) is 33.8 Å². The van der Waals surface area contributed by atoms with Crippen molar-refractivity contribution in [1.82, 2.24) is 9.38 Å². The fourth-order valence-corrected chi connectivity index (χ4v) is 6.20. The molecule has 2 aromatic heterocycles. The number of nitrogens with zero attached hydrogens (tertiary/aromatic N) is 2. The van der Waals surface area contributed by atoms with Crippen molar-refractivity contribution in [3.8, 4) is 0 Å². The molecule has 30 heavy (non-hydrogen) atoms. The second kappa shape index (κ2) is 8.02. The zero-order valence-corrected chi connectivity index (χ0v) is 18.4. The highest BCUT2D eigenvalue weighted by molar-refractivity contribution is 7.92. The van der Waals surface area contributed by atoms with Gasteiger partial charge in [-0.25, -0.2) is 13.4 Å². The third-order valence-electron chi connectivity index (χ3n) is 5.93. The zero-order chi connectivity index (χ0) is 21.5. The summed E-state index contributed by atoms with van der Waals surface area (Å²) in [6.07, 6.45) is 1.30. The molecule has 0 bridgehead atoms. The van der Waals surface area contributed by atoms with E-state index in [-0.39, 0.29) is 12.4 Å². The molecule has 3 aromatic rings. The van der Waals surface area contributed by atoms with Crippen LogP contribution in [0.15, 0.2) is 42.6 Å². The van der Waals surface area contributed by atoms with Crippen LogP contribution < -0.4 is 5.32 Å². The van der Waals surface area contributed by atoms with Gasteiger partial charge in [0.05, 0.1) is 29.8 Å². The van der Waals surface area contributed by atoms with Crippen molar-refractivity contribution in [3.63, 3.8) is 0 Å². The molecule has 3 heterocycles. The van der Waals surface area contributed by atoms with Gasteiger partial charge in [0.1, 0.15) is 11.4 Å². The Bertz CT molecular complexity index is 1160. The molecule has 0 amide bonds. The SMILES string of the molecule is COCCS(=O)(=O)C1C(c2ccccc2)Nc2c(ccn3c(C)c(C)nc23)C1OC. The number of hydrogen-bond acceptors (Lipinski definition) is 6. The molecule has 3 atom stereocenters. The second-order valence-electron chi connectivity index (χ2n) is 7.64. The van der Waals surface area contributed by atoms with Gasteiger partial charge in [0.25, 0.3) is 0 Å². The first-order chi connectivity index (χ1) is 14.4. The quantitative estimate of drug-likeness (QED) is 0.648. The first-order valence-electron chi connectivity index (χ1n) is 9.92. The molecular formula is C22H27N3O4S. The molecule has 0 aliphatic carbocycles. The molecule has 0 spiro atoms. The van der Waals surface area contributed by atoms with E-state index in [1.807, 2.05) is 60.8 Å². The molecule has 1 N–H and O–H groups in total. The molecule has 0 saturated heterocycles. The number of hydrogen-bond donors (Lipinski definition) is 1. The molecule has 7 nitrogen and oxygen atoms in total. The van der Waals surface area contributed by atoms with Gasteiger partial charge in [-0.15, -0.1) is 0 Å². The Morgan fingerprint density at radius 2 is 1.87 bits per heavy atom. The fourth-order valence-electron chi connectivity index (χ4n) is 4.25.